The molecular formula is C20H29ClN4O. The summed E-state index contributed by atoms with van der Waals surface area (Å²) in [4.78, 5) is 8.60. The SMILES string of the molecule is CN=C(NCc1ncc(C(C)(C)C)o1)NCC(C)(C)c1cccc(Cl)c1. The van der Waals surface area contributed by atoms with Crippen molar-refractivity contribution in [2.24, 2.45) is 4.99 Å². The van der Waals surface area contributed by atoms with Crippen LogP contribution >= 0.6 is 11.6 Å². The maximum atomic E-state index is 6.12. The van der Waals surface area contributed by atoms with Crippen molar-refractivity contribution >= 4 is 17.6 Å². The van der Waals surface area contributed by atoms with Gasteiger partial charge in [-0.2, -0.15) is 0 Å². The summed E-state index contributed by atoms with van der Waals surface area (Å²) < 4.78 is 5.80. The van der Waals surface area contributed by atoms with Gasteiger partial charge in [-0.25, -0.2) is 4.98 Å². The van der Waals surface area contributed by atoms with Crippen LogP contribution in [0.4, 0.5) is 0 Å². The molecule has 0 amide bonds. The van der Waals surface area contributed by atoms with Gasteiger partial charge in [0, 0.05) is 29.4 Å². The second-order valence-electron chi connectivity index (χ2n) is 8.04. The number of aliphatic imine (C=N–C) groups is 1. The van der Waals surface area contributed by atoms with Gasteiger partial charge in [0.15, 0.2) is 5.96 Å². The van der Waals surface area contributed by atoms with Gasteiger partial charge in [0.25, 0.3) is 0 Å². The fourth-order valence-corrected chi connectivity index (χ4v) is 2.63. The summed E-state index contributed by atoms with van der Waals surface area (Å²) in [5.41, 5.74) is 1.03. The number of hydrogen-bond donors (Lipinski definition) is 2. The molecule has 1 aromatic heterocycles. The lowest BCUT2D eigenvalue weighted by Gasteiger charge is -2.27. The topological polar surface area (TPSA) is 62.5 Å². The number of nitrogens with zero attached hydrogens (tertiary/aromatic N) is 2. The van der Waals surface area contributed by atoms with Crippen molar-refractivity contribution in [3.63, 3.8) is 0 Å². The average molecular weight is 377 g/mol. The molecule has 1 aromatic carbocycles. The molecule has 2 aromatic rings. The van der Waals surface area contributed by atoms with E-state index in [-0.39, 0.29) is 10.8 Å². The Bertz CT molecular complexity index is 759. The van der Waals surface area contributed by atoms with E-state index in [9.17, 15) is 0 Å². The van der Waals surface area contributed by atoms with Crippen LogP contribution in [0.2, 0.25) is 5.02 Å². The van der Waals surface area contributed by atoms with Crippen LogP contribution in [0, 0.1) is 0 Å². The number of oxazole rings is 1. The Morgan fingerprint density at radius 1 is 1.19 bits per heavy atom. The van der Waals surface area contributed by atoms with Gasteiger partial charge in [-0.15, -0.1) is 0 Å². The lowest BCUT2D eigenvalue weighted by molar-refractivity contribution is 0.379. The van der Waals surface area contributed by atoms with E-state index in [2.05, 4.69) is 61.3 Å². The largest absolute Gasteiger partial charge is 0.443 e. The minimum atomic E-state index is -0.0924. The molecule has 5 nitrogen and oxygen atoms in total. The first-order chi connectivity index (χ1) is 12.1. The summed E-state index contributed by atoms with van der Waals surface area (Å²) in [7, 11) is 1.75. The predicted molar refractivity (Wildman–Crippen MR) is 108 cm³/mol. The number of rotatable bonds is 5. The van der Waals surface area contributed by atoms with Crippen molar-refractivity contribution in [2.45, 2.75) is 52.0 Å². The molecule has 0 saturated carbocycles. The van der Waals surface area contributed by atoms with Gasteiger partial charge in [0.2, 0.25) is 5.89 Å². The van der Waals surface area contributed by atoms with Gasteiger partial charge in [-0.1, -0.05) is 58.4 Å². The number of benzene rings is 1. The molecule has 0 fully saturated rings. The van der Waals surface area contributed by atoms with Crippen LogP contribution in [0.5, 0.6) is 0 Å². The highest BCUT2D eigenvalue weighted by atomic mass is 35.5. The fraction of sp³-hybridized carbons (Fsp3) is 0.500. The normalized spacial score (nSPS) is 13.0. The third kappa shape index (κ3) is 5.49. The molecule has 2 rings (SSSR count). The number of aromatic nitrogens is 1. The van der Waals surface area contributed by atoms with E-state index in [1.54, 1.807) is 13.2 Å². The minimum absolute atomic E-state index is 0.0494. The smallest absolute Gasteiger partial charge is 0.213 e. The third-order valence-electron chi connectivity index (χ3n) is 4.23. The number of halogens is 1. The van der Waals surface area contributed by atoms with E-state index in [4.69, 9.17) is 16.0 Å². The summed E-state index contributed by atoms with van der Waals surface area (Å²) in [6.45, 7) is 11.8. The van der Waals surface area contributed by atoms with Gasteiger partial charge >= 0.3 is 0 Å². The second-order valence-corrected chi connectivity index (χ2v) is 8.48. The Kier molecular flexibility index (Phi) is 6.34. The van der Waals surface area contributed by atoms with E-state index < -0.39 is 0 Å². The van der Waals surface area contributed by atoms with E-state index in [0.717, 1.165) is 10.8 Å². The van der Waals surface area contributed by atoms with Gasteiger partial charge in [-0.05, 0) is 17.7 Å². The molecule has 142 valence electrons. The first-order valence-corrected chi connectivity index (χ1v) is 9.15. The zero-order valence-corrected chi connectivity index (χ0v) is 17.2. The highest BCUT2D eigenvalue weighted by Crippen LogP contribution is 2.25. The third-order valence-corrected chi connectivity index (χ3v) is 4.46. The van der Waals surface area contributed by atoms with Crippen molar-refractivity contribution < 1.29 is 4.42 Å². The summed E-state index contributed by atoms with van der Waals surface area (Å²) in [5, 5.41) is 7.35. The fourth-order valence-electron chi connectivity index (χ4n) is 2.43. The van der Waals surface area contributed by atoms with E-state index >= 15 is 0 Å². The van der Waals surface area contributed by atoms with Crippen LogP contribution in [-0.4, -0.2) is 24.5 Å². The van der Waals surface area contributed by atoms with E-state index in [1.807, 2.05) is 18.2 Å². The molecule has 0 unspecified atom stereocenters. The maximum absolute atomic E-state index is 6.12. The molecule has 0 aliphatic rings. The summed E-state index contributed by atoms with van der Waals surface area (Å²) in [5.74, 6) is 2.22. The molecule has 6 heteroatoms. The molecular weight excluding hydrogens is 348 g/mol. The van der Waals surface area contributed by atoms with Crippen molar-refractivity contribution in [3.8, 4) is 0 Å². The molecule has 0 spiro atoms. The Morgan fingerprint density at radius 3 is 2.50 bits per heavy atom. The molecule has 0 radical (unpaired) electrons. The van der Waals surface area contributed by atoms with Gasteiger partial charge < -0.3 is 15.1 Å². The summed E-state index contributed by atoms with van der Waals surface area (Å²) in [6, 6.07) is 7.95. The second kappa shape index (κ2) is 8.12. The van der Waals surface area contributed by atoms with Crippen LogP contribution in [0.3, 0.4) is 0 Å². The molecule has 0 bridgehead atoms. The maximum Gasteiger partial charge on any atom is 0.213 e. The number of hydrogen-bond acceptors (Lipinski definition) is 3. The highest BCUT2D eigenvalue weighted by Gasteiger charge is 2.22. The monoisotopic (exact) mass is 376 g/mol. The predicted octanol–water partition coefficient (Wildman–Crippen LogP) is 4.27. The van der Waals surface area contributed by atoms with Gasteiger partial charge in [0.1, 0.15) is 5.76 Å². The Balaban J connectivity index is 1.92. The van der Waals surface area contributed by atoms with Crippen molar-refractivity contribution in [1.29, 1.82) is 0 Å². The highest BCUT2D eigenvalue weighted by molar-refractivity contribution is 6.30. The molecule has 0 aliphatic carbocycles. The van der Waals surface area contributed by atoms with Crippen LogP contribution in [-0.2, 0) is 17.4 Å². The molecule has 2 N–H and O–H groups in total. The average Bonchev–Trinajstić information content (AvgIpc) is 3.04. The molecule has 26 heavy (non-hydrogen) atoms. The van der Waals surface area contributed by atoms with Crippen LogP contribution in [0.15, 0.2) is 39.9 Å². The van der Waals surface area contributed by atoms with E-state index in [0.29, 0.717) is 24.9 Å². The van der Waals surface area contributed by atoms with E-state index in [1.165, 1.54) is 5.56 Å². The molecule has 1 heterocycles. The minimum Gasteiger partial charge on any atom is -0.443 e. The quantitative estimate of drug-likeness (QED) is 0.604. The van der Waals surface area contributed by atoms with Crippen molar-refractivity contribution in [2.75, 3.05) is 13.6 Å². The van der Waals surface area contributed by atoms with Crippen molar-refractivity contribution in [1.82, 2.24) is 15.6 Å². The Labute approximate surface area is 161 Å². The lowest BCUT2D eigenvalue weighted by atomic mass is 9.84. The number of guanidine groups is 1. The molecule has 0 atom stereocenters. The lowest BCUT2D eigenvalue weighted by Crippen LogP contribution is -2.43. The standard InChI is InChI=1S/C20H29ClN4O/c1-19(2,3)16-11-23-17(26-16)12-24-18(22-6)25-13-20(4,5)14-8-7-9-15(21)10-14/h7-11H,12-13H2,1-6H3,(H2,22,24,25). The van der Waals surface area contributed by atoms with Crippen LogP contribution in [0.1, 0.15) is 51.8 Å². The van der Waals surface area contributed by atoms with Crippen molar-refractivity contribution in [3.05, 3.63) is 52.7 Å². The van der Waals surface area contributed by atoms with Crippen LogP contribution < -0.4 is 10.6 Å². The zero-order valence-electron chi connectivity index (χ0n) is 16.5. The van der Waals surface area contributed by atoms with Gasteiger partial charge in [0.05, 0.1) is 12.7 Å². The first kappa shape index (κ1) is 20.3. The molecule has 0 saturated heterocycles. The number of nitrogens with one attached hydrogen (secondary N) is 2. The van der Waals surface area contributed by atoms with Crippen LogP contribution in [0.25, 0.3) is 0 Å². The zero-order chi connectivity index (χ0) is 19.4. The molecule has 0 aliphatic heterocycles. The first-order valence-electron chi connectivity index (χ1n) is 8.77. The Morgan fingerprint density at radius 2 is 1.92 bits per heavy atom. The summed E-state index contributed by atoms with van der Waals surface area (Å²) >= 11 is 6.12. The van der Waals surface area contributed by atoms with Gasteiger partial charge in [-0.3, -0.25) is 4.99 Å². The summed E-state index contributed by atoms with van der Waals surface area (Å²) in [6.07, 6.45) is 1.79. The Hall–Kier alpha value is -2.01.